The number of allylic oxidation sites excluding steroid dienone is 1. The maximum Gasteiger partial charge on any atom is 0.331 e. The molecule has 15 heavy (non-hydrogen) atoms. The van der Waals surface area contributed by atoms with Gasteiger partial charge in [-0.2, -0.15) is 0 Å². The maximum absolute atomic E-state index is 11.6. The normalized spacial score (nSPS) is 34.9. The van der Waals surface area contributed by atoms with E-state index >= 15 is 0 Å². The molecular formula is C12H16O3. The second-order valence-electron chi connectivity index (χ2n) is 4.55. The SMILES string of the molecule is CC[C@@H]1C=C(C(=O)O)[C@@H]2CCC(=O)[C@@H]2C1. The van der Waals surface area contributed by atoms with Crippen molar-refractivity contribution < 1.29 is 14.7 Å². The quantitative estimate of drug-likeness (QED) is 0.755. The Bertz CT molecular complexity index is 330. The first-order valence-corrected chi connectivity index (χ1v) is 5.61. The van der Waals surface area contributed by atoms with Crippen LogP contribution in [0.2, 0.25) is 0 Å². The molecule has 0 amide bonds. The summed E-state index contributed by atoms with van der Waals surface area (Å²) in [5.74, 6) is -0.300. The van der Waals surface area contributed by atoms with Gasteiger partial charge in [0.05, 0.1) is 0 Å². The van der Waals surface area contributed by atoms with Crippen molar-refractivity contribution in [2.45, 2.75) is 32.6 Å². The zero-order valence-corrected chi connectivity index (χ0v) is 8.90. The molecule has 82 valence electrons. The number of fused-ring (bicyclic) bond motifs is 1. The highest BCUT2D eigenvalue weighted by atomic mass is 16.4. The van der Waals surface area contributed by atoms with Crippen LogP contribution in [0.3, 0.4) is 0 Å². The summed E-state index contributed by atoms with van der Waals surface area (Å²) in [5.41, 5.74) is 0.490. The second-order valence-corrected chi connectivity index (χ2v) is 4.55. The highest BCUT2D eigenvalue weighted by Crippen LogP contribution is 2.43. The molecule has 2 aliphatic rings. The third kappa shape index (κ3) is 1.71. The summed E-state index contributed by atoms with van der Waals surface area (Å²) >= 11 is 0. The van der Waals surface area contributed by atoms with Gasteiger partial charge in [-0.25, -0.2) is 4.79 Å². The molecule has 3 atom stereocenters. The zero-order valence-electron chi connectivity index (χ0n) is 8.90. The highest BCUT2D eigenvalue weighted by molar-refractivity contribution is 5.92. The predicted molar refractivity (Wildman–Crippen MR) is 55.3 cm³/mol. The Hall–Kier alpha value is -1.12. The molecule has 0 saturated heterocycles. The minimum atomic E-state index is -0.835. The Morgan fingerprint density at radius 1 is 1.53 bits per heavy atom. The fourth-order valence-electron chi connectivity index (χ4n) is 2.86. The lowest BCUT2D eigenvalue weighted by molar-refractivity contribution is -0.133. The fourth-order valence-corrected chi connectivity index (χ4v) is 2.86. The van der Waals surface area contributed by atoms with Gasteiger partial charge in [-0.15, -0.1) is 0 Å². The van der Waals surface area contributed by atoms with Crippen molar-refractivity contribution in [2.75, 3.05) is 0 Å². The van der Waals surface area contributed by atoms with E-state index in [-0.39, 0.29) is 23.5 Å². The van der Waals surface area contributed by atoms with Crippen LogP contribution in [-0.2, 0) is 9.59 Å². The van der Waals surface area contributed by atoms with Gasteiger partial charge in [-0.3, -0.25) is 4.79 Å². The van der Waals surface area contributed by atoms with Gasteiger partial charge in [0.1, 0.15) is 5.78 Å². The van der Waals surface area contributed by atoms with E-state index < -0.39 is 5.97 Å². The number of carboxylic acids is 1. The Morgan fingerprint density at radius 2 is 2.27 bits per heavy atom. The predicted octanol–water partition coefficient (Wildman–Crippen LogP) is 2.02. The lowest BCUT2D eigenvalue weighted by Crippen LogP contribution is -2.27. The highest BCUT2D eigenvalue weighted by Gasteiger charge is 2.42. The first-order valence-electron chi connectivity index (χ1n) is 5.61. The molecule has 0 aromatic heterocycles. The molecule has 1 saturated carbocycles. The van der Waals surface area contributed by atoms with Gasteiger partial charge in [0.15, 0.2) is 0 Å². The number of rotatable bonds is 2. The summed E-state index contributed by atoms with van der Waals surface area (Å²) in [6.07, 6.45) is 4.96. The number of hydrogen-bond donors (Lipinski definition) is 1. The van der Waals surface area contributed by atoms with Crippen LogP contribution in [0.1, 0.15) is 32.6 Å². The summed E-state index contributed by atoms with van der Waals surface area (Å²) in [7, 11) is 0. The molecule has 0 heterocycles. The van der Waals surface area contributed by atoms with Crippen molar-refractivity contribution in [2.24, 2.45) is 17.8 Å². The molecule has 3 heteroatoms. The molecule has 0 spiro atoms. The van der Waals surface area contributed by atoms with Gasteiger partial charge in [0.25, 0.3) is 0 Å². The molecule has 0 aromatic carbocycles. The summed E-state index contributed by atoms with van der Waals surface area (Å²) in [4.78, 5) is 22.7. The number of carboxylic acid groups (broad SMARTS) is 1. The molecule has 1 fully saturated rings. The van der Waals surface area contributed by atoms with Gasteiger partial charge in [0, 0.05) is 23.8 Å². The van der Waals surface area contributed by atoms with Crippen molar-refractivity contribution in [1.29, 1.82) is 0 Å². The standard InChI is InChI=1S/C12H16O3/c1-2-7-5-9-8(3-4-11(9)13)10(6-7)12(14)15/h6-9H,2-5H2,1H3,(H,14,15)/t7-,8+,9+/m0/s1. The average Bonchev–Trinajstić information content (AvgIpc) is 2.59. The van der Waals surface area contributed by atoms with Crippen molar-refractivity contribution in [3.05, 3.63) is 11.6 Å². The minimum Gasteiger partial charge on any atom is -0.478 e. The van der Waals surface area contributed by atoms with Crippen LogP contribution in [-0.4, -0.2) is 16.9 Å². The molecule has 0 aromatic rings. The topological polar surface area (TPSA) is 54.4 Å². The Balaban J connectivity index is 2.30. The molecule has 3 nitrogen and oxygen atoms in total. The van der Waals surface area contributed by atoms with Gasteiger partial charge in [0.2, 0.25) is 0 Å². The van der Waals surface area contributed by atoms with Crippen LogP contribution in [0.15, 0.2) is 11.6 Å². The summed E-state index contributed by atoms with van der Waals surface area (Å²) in [6.45, 7) is 2.04. The first-order chi connectivity index (χ1) is 7.13. The Kier molecular flexibility index (Phi) is 2.63. The maximum atomic E-state index is 11.6. The summed E-state index contributed by atoms with van der Waals surface area (Å²) in [5, 5.41) is 9.11. The number of aliphatic carboxylic acids is 1. The molecular weight excluding hydrogens is 192 g/mol. The monoisotopic (exact) mass is 208 g/mol. The third-order valence-electron chi connectivity index (χ3n) is 3.74. The molecule has 0 radical (unpaired) electrons. The van der Waals surface area contributed by atoms with Crippen LogP contribution < -0.4 is 0 Å². The fraction of sp³-hybridized carbons (Fsp3) is 0.667. The van der Waals surface area contributed by atoms with E-state index in [4.69, 9.17) is 5.11 Å². The van der Waals surface area contributed by atoms with E-state index in [9.17, 15) is 9.59 Å². The molecule has 0 aliphatic heterocycles. The second kappa shape index (κ2) is 3.80. The van der Waals surface area contributed by atoms with E-state index in [1.807, 2.05) is 13.0 Å². The molecule has 1 N–H and O–H groups in total. The van der Waals surface area contributed by atoms with E-state index in [2.05, 4.69) is 0 Å². The van der Waals surface area contributed by atoms with Crippen molar-refractivity contribution in [1.82, 2.24) is 0 Å². The Morgan fingerprint density at radius 3 is 2.87 bits per heavy atom. The van der Waals surface area contributed by atoms with Crippen LogP contribution in [0.25, 0.3) is 0 Å². The molecule has 0 unspecified atom stereocenters. The van der Waals surface area contributed by atoms with Crippen LogP contribution >= 0.6 is 0 Å². The number of carbonyl (C=O) groups is 2. The van der Waals surface area contributed by atoms with E-state index in [0.717, 1.165) is 19.3 Å². The molecule has 2 rings (SSSR count). The molecule has 0 bridgehead atoms. The average molecular weight is 208 g/mol. The summed E-state index contributed by atoms with van der Waals surface area (Å²) < 4.78 is 0. The number of ketones is 1. The van der Waals surface area contributed by atoms with Crippen molar-refractivity contribution in [3.63, 3.8) is 0 Å². The number of carbonyl (C=O) groups excluding carboxylic acids is 1. The largest absolute Gasteiger partial charge is 0.478 e. The lowest BCUT2D eigenvalue weighted by atomic mass is 9.75. The van der Waals surface area contributed by atoms with Crippen LogP contribution in [0.5, 0.6) is 0 Å². The summed E-state index contributed by atoms with van der Waals surface area (Å²) in [6, 6.07) is 0. The number of hydrogen-bond acceptors (Lipinski definition) is 2. The zero-order chi connectivity index (χ0) is 11.0. The van der Waals surface area contributed by atoms with E-state index in [0.29, 0.717) is 12.0 Å². The van der Waals surface area contributed by atoms with Crippen molar-refractivity contribution in [3.8, 4) is 0 Å². The number of Topliss-reactive ketones (excluding diaryl/α,β-unsaturated/α-hetero) is 1. The first kappa shape index (κ1) is 10.4. The van der Waals surface area contributed by atoms with Gasteiger partial charge >= 0.3 is 5.97 Å². The Labute approximate surface area is 89.2 Å². The van der Waals surface area contributed by atoms with Gasteiger partial charge in [-0.05, 0) is 25.2 Å². The van der Waals surface area contributed by atoms with Crippen LogP contribution in [0, 0.1) is 17.8 Å². The third-order valence-corrected chi connectivity index (χ3v) is 3.74. The van der Waals surface area contributed by atoms with Gasteiger partial charge < -0.3 is 5.11 Å². The van der Waals surface area contributed by atoms with Gasteiger partial charge in [-0.1, -0.05) is 13.0 Å². The molecule has 2 aliphatic carbocycles. The smallest absolute Gasteiger partial charge is 0.331 e. The minimum absolute atomic E-state index is 0.00204. The van der Waals surface area contributed by atoms with E-state index in [1.54, 1.807) is 0 Å². The van der Waals surface area contributed by atoms with E-state index in [1.165, 1.54) is 0 Å². The van der Waals surface area contributed by atoms with Crippen molar-refractivity contribution >= 4 is 11.8 Å². The lowest BCUT2D eigenvalue weighted by Gasteiger charge is -2.28. The van der Waals surface area contributed by atoms with Crippen LogP contribution in [0.4, 0.5) is 0 Å².